The lowest BCUT2D eigenvalue weighted by Crippen LogP contribution is -2.25. The van der Waals surface area contributed by atoms with Crippen molar-refractivity contribution in [1.82, 2.24) is 15.3 Å². The average Bonchev–Trinajstić information content (AvgIpc) is 2.34. The summed E-state index contributed by atoms with van der Waals surface area (Å²) in [5.41, 5.74) is 0. The topological polar surface area (TPSA) is 68.3 Å². The van der Waals surface area contributed by atoms with Crippen LogP contribution in [-0.4, -0.2) is 50.4 Å². The van der Waals surface area contributed by atoms with Crippen molar-refractivity contribution in [2.24, 2.45) is 0 Å². The summed E-state index contributed by atoms with van der Waals surface area (Å²) < 4.78 is 9.91. The third-order valence-corrected chi connectivity index (χ3v) is 1.94. The predicted molar refractivity (Wildman–Crippen MR) is 61.8 cm³/mol. The summed E-state index contributed by atoms with van der Waals surface area (Å²) in [4.78, 5) is 7.99. The van der Waals surface area contributed by atoms with Gasteiger partial charge in [-0.05, 0) is 0 Å². The molecule has 0 spiro atoms. The molecule has 0 aliphatic carbocycles. The standard InChI is InChI=1S/C10H18N4O2/c1-15-6-5-11-3-4-12-9-7-10(16-2)14-8-13-9/h7-8,11H,3-6H2,1-2H3,(H,12,13,14). The van der Waals surface area contributed by atoms with Crippen LogP contribution in [0.15, 0.2) is 12.4 Å². The molecular formula is C10H18N4O2. The number of rotatable bonds is 8. The van der Waals surface area contributed by atoms with E-state index >= 15 is 0 Å². The zero-order chi connectivity index (χ0) is 11.6. The van der Waals surface area contributed by atoms with Crippen LogP contribution in [0, 0.1) is 0 Å². The molecule has 2 N–H and O–H groups in total. The summed E-state index contributed by atoms with van der Waals surface area (Å²) in [7, 11) is 3.27. The highest BCUT2D eigenvalue weighted by atomic mass is 16.5. The quantitative estimate of drug-likeness (QED) is 0.614. The molecule has 1 aromatic rings. The Morgan fingerprint density at radius 1 is 1.19 bits per heavy atom. The SMILES string of the molecule is COCCNCCNc1cc(OC)ncn1. The van der Waals surface area contributed by atoms with Gasteiger partial charge in [-0.15, -0.1) is 0 Å². The molecule has 0 fully saturated rings. The fourth-order valence-corrected chi connectivity index (χ4v) is 1.13. The van der Waals surface area contributed by atoms with Crippen molar-refractivity contribution in [3.8, 4) is 5.88 Å². The number of hydrogen-bond acceptors (Lipinski definition) is 6. The van der Waals surface area contributed by atoms with Crippen molar-refractivity contribution in [2.75, 3.05) is 45.8 Å². The summed E-state index contributed by atoms with van der Waals surface area (Å²) >= 11 is 0. The smallest absolute Gasteiger partial charge is 0.218 e. The first kappa shape index (κ1) is 12.7. The zero-order valence-corrected chi connectivity index (χ0v) is 9.69. The van der Waals surface area contributed by atoms with E-state index < -0.39 is 0 Å². The third-order valence-electron chi connectivity index (χ3n) is 1.94. The number of anilines is 1. The molecule has 0 saturated heterocycles. The molecule has 0 unspecified atom stereocenters. The van der Waals surface area contributed by atoms with E-state index in [2.05, 4.69) is 20.6 Å². The summed E-state index contributed by atoms with van der Waals surface area (Å²) in [6.45, 7) is 3.23. The van der Waals surface area contributed by atoms with Crippen molar-refractivity contribution in [3.63, 3.8) is 0 Å². The van der Waals surface area contributed by atoms with Gasteiger partial charge in [0, 0.05) is 32.8 Å². The van der Waals surface area contributed by atoms with Crippen molar-refractivity contribution in [1.29, 1.82) is 0 Å². The number of aromatic nitrogens is 2. The van der Waals surface area contributed by atoms with E-state index in [9.17, 15) is 0 Å². The number of nitrogens with zero attached hydrogens (tertiary/aromatic N) is 2. The van der Waals surface area contributed by atoms with E-state index in [0.717, 1.165) is 32.1 Å². The molecule has 1 rings (SSSR count). The van der Waals surface area contributed by atoms with Gasteiger partial charge in [-0.3, -0.25) is 0 Å². The summed E-state index contributed by atoms with van der Waals surface area (Å²) in [5.74, 6) is 1.32. The first-order chi connectivity index (χ1) is 7.86. The van der Waals surface area contributed by atoms with Crippen molar-refractivity contribution in [3.05, 3.63) is 12.4 Å². The Labute approximate surface area is 95.4 Å². The van der Waals surface area contributed by atoms with E-state index in [1.165, 1.54) is 6.33 Å². The van der Waals surface area contributed by atoms with Gasteiger partial charge in [0.15, 0.2) is 0 Å². The van der Waals surface area contributed by atoms with E-state index in [1.807, 2.05) is 0 Å². The molecule has 0 aromatic carbocycles. The van der Waals surface area contributed by atoms with Crippen LogP contribution in [0.5, 0.6) is 5.88 Å². The highest BCUT2D eigenvalue weighted by Gasteiger charge is 1.96. The molecule has 0 aliphatic heterocycles. The Morgan fingerprint density at radius 2 is 2.06 bits per heavy atom. The van der Waals surface area contributed by atoms with Crippen molar-refractivity contribution < 1.29 is 9.47 Å². The Hall–Kier alpha value is -1.40. The van der Waals surface area contributed by atoms with Gasteiger partial charge in [0.25, 0.3) is 0 Å². The maximum atomic E-state index is 4.99. The van der Waals surface area contributed by atoms with Gasteiger partial charge in [0.1, 0.15) is 12.1 Å². The second-order valence-corrected chi connectivity index (χ2v) is 3.12. The third kappa shape index (κ3) is 4.90. The minimum absolute atomic E-state index is 0.560. The summed E-state index contributed by atoms with van der Waals surface area (Å²) in [6, 6.07) is 1.76. The van der Waals surface area contributed by atoms with Gasteiger partial charge in [0.05, 0.1) is 13.7 Å². The molecule has 0 saturated carbocycles. The van der Waals surface area contributed by atoms with Crippen LogP contribution in [-0.2, 0) is 4.74 Å². The summed E-state index contributed by atoms with van der Waals surface area (Å²) in [5, 5.41) is 6.38. The molecule has 6 nitrogen and oxygen atoms in total. The Bertz CT molecular complexity index is 296. The van der Waals surface area contributed by atoms with E-state index in [0.29, 0.717) is 5.88 Å². The Kier molecular flexibility index (Phi) is 6.20. The number of hydrogen-bond donors (Lipinski definition) is 2. The van der Waals surface area contributed by atoms with E-state index in [1.54, 1.807) is 20.3 Å². The van der Waals surface area contributed by atoms with Crippen LogP contribution in [0.1, 0.15) is 0 Å². The highest BCUT2D eigenvalue weighted by Crippen LogP contribution is 2.08. The number of methoxy groups -OCH3 is 2. The lowest BCUT2D eigenvalue weighted by molar-refractivity contribution is 0.200. The maximum Gasteiger partial charge on any atom is 0.218 e. The lowest BCUT2D eigenvalue weighted by atomic mass is 10.5. The minimum Gasteiger partial charge on any atom is -0.481 e. The minimum atomic E-state index is 0.560. The molecule has 90 valence electrons. The van der Waals surface area contributed by atoms with Crippen molar-refractivity contribution in [2.45, 2.75) is 0 Å². The Morgan fingerprint density at radius 3 is 2.81 bits per heavy atom. The molecule has 0 radical (unpaired) electrons. The predicted octanol–water partition coefficient (Wildman–Crippen LogP) is 0.133. The summed E-state index contributed by atoms with van der Waals surface area (Å²) in [6.07, 6.45) is 1.47. The molecule has 0 amide bonds. The first-order valence-electron chi connectivity index (χ1n) is 5.16. The van der Waals surface area contributed by atoms with Crippen LogP contribution in [0.3, 0.4) is 0 Å². The second kappa shape index (κ2) is 7.84. The second-order valence-electron chi connectivity index (χ2n) is 3.12. The molecule has 1 heterocycles. The normalized spacial score (nSPS) is 10.1. The monoisotopic (exact) mass is 226 g/mol. The number of ether oxygens (including phenoxy) is 2. The lowest BCUT2D eigenvalue weighted by Gasteiger charge is -2.07. The largest absolute Gasteiger partial charge is 0.481 e. The number of nitrogens with one attached hydrogen (secondary N) is 2. The molecule has 0 aliphatic rings. The van der Waals surface area contributed by atoms with Gasteiger partial charge >= 0.3 is 0 Å². The molecule has 0 atom stereocenters. The van der Waals surface area contributed by atoms with Crippen molar-refractivity contribution >= 4 is 5.82 Å². The molecule has 0 bridgehead atoms. The van der Waals surface area contributed by atoms with Crippen LogP contribution >= 0.6 is 0 Å². The van der Waals surface area contributed by atoms with E-state index in [4.69, 9.17) is 9.47 Å². The molecule has 16 heavy (non-hydrogen) atoms. The van der Waals surface area contributed by atoms with Crippen LogP contribution in [0.4, 0.5) is 5.82 Å². The van der Waals surface area contributed by atoms with Gasteiger partial charge in [-0.2, -0.15) is 0 Å². The molecule has 1 aromatic heterocycles. The Balaban J connectivity index is 2.16. The highest BCUT2D eigenvalue weighted by molar-refractivity contribution is 5.36. The maximum absolute atomic E-state index is 4.99. The van der Waals surface area contributed by atoms with Crippen LogP contribution in [0.25, 0.3) is 0 Å². The van der Waals surface area contributed by atoms with Crippen LogP contribution in [0.2, 0.25) is 0 Å². The van der Waals surface area contributed by atoms with Gasteiger partial charge in [-0.25, -0.2) is 9.97 Å². The molecular weight excluding hydrogens is 208 g/mol. The van der Waals surface area contributed by atoms with Crippen LogP contribution < -0.4 is 15.4 Å². The van der Waals surface area contributed by atoms with Gasteiger partial charge in [-0.1, -0.05) is 0 Å². The fraction of sp³-hybridized carbons (Fsp3) is 0.600. The average molecular weight is 226 g/mol. The van der Waals surface area contributed by atoms with Gasteiger partial charge < -0.3 is 20.1 Å². The van der Waals surface area contributed by atoms with E-state index in [-0.39, 0.29) is 0 Å². The first-order valence-corrected chi connectivity index (χ1v) is 5.16. The zero-order valence-electron chi connectivity index (χ0n) is 9.69. The van der Waals surface area contributed by atoms with Gasteiger partial charge in [0.2, 0.25) is 5.88 Å². The fourth-order valence-electron chi connectivity index (χ4n) is 1.13. The molecule has 6 heteroatoms.